The average molecular weight is 271 g/mol. The zero-order valence-corrected chi connectivity index (χ0v) is 11.3. The third-order valence-corrected chi connectivity index (χ3v) is 2.80. The van der Waals surface area contributed by atoms with E-state index < -0.39 is 11.6 Å². The molecule has 0 heterocycles. The van der Waals surface area contributed by atoms with E-state index in [1.165, 1.54) is 6.07 Å². The minimum Gasteiger partial charge on any atom is -0.380 e. The molecule has 5 heteroatoms. The zero-order chi connectivity index (χ0) is 14.3. The predicted octanol–water partition coefficient (Wildman–Crippen LogP) is 2.51. The highest BCUT2D eigenvalue weighted by atomic mass is 19.1. The van der Waals surface area contributed by atoms with Crippen LogP contribution < -0.4 is 0 Å². The van der Waals surface area contributed by atoms with E-state index in [-0.39, 0.29) is 17.9 Å². The van der Waals surface area contributed by atoms with Crippen molar-refractivity contribution in [1.82, 2.24) is 4.90 Å². The first-order chi connectivity index (χ1) is 9.08. The molecule has 0 aliphatic carbocycles. The van der Waals surface area contributed by atoms with Gasteiger partial charge in [0.05, 0.1) is 18.7 Å². The summed E-state index contributed by atoms with van der Waals surface area (Å²) < 4.78 is 31.4. The summed E-state index contributed by atoms with van der Waals surface area (Å²) in [5.74, 6) is -1.85. The highest BCUT2D eigenvalue weighted by molar-refractivity contribution is 5.97. The van der Waals surface area contributed by atoms with Crippen LogP contribution in [0.15, 0.2) is 18.2 Å². The molecule has 0 aromatic heterocycles. The number of carbonyl (C=O) groups excluding carboxylic acids is 1. The van der Waals surface area contributed by atoms with E-state index >= 15 is 0 Å². The Morgan fingerprint density at radius 1 is 1.32 bits per heavy atom. The average Bonchev–Trinajstić information content (AvgIpc) is 2.37. The van der Waals surface area contributed by atoms with Crippen LogP contribution in [0.25, 0.3) is 0 Å². The number of likely N-dealkylation sites (N-methyl/N-ethyl adjacent to an activating group) is 1. The molecule has 0 N–H and O–H groups in total. The minimum absolute atomic E-state index is 0.0729. The Kier molecular flexibility index (Phi) is 6.59. The van der Waals surface area contributed by atoms with E-state index in [4.69, 9.17) is 4.74 Å². The fourth-order valence-electron chi connectivity index (χ4n) is 1.69. The maximum Gasteiger partial charge on any atom is 0.179 e. The predicted molar refractivity (Wildman–Crippen MR) is 69.3 cm³/mol. The number of hydrogen-bond acceptors (Lipinski definition) is 3. The summed E-state index contributed by atoms with van der Waals surface area (Å²) in [6, 6.07) is 3.00. The number of benzene rings is 1. The van der Waals surface area contributed by atoms with Crippen LogP contribution in [0.3, 0.4) is 0 Å². The number of carbonyl (C=O) groups is 1. The molecule has 19 heavy (non-hydrogen) atoms. The van der Waals surface area contributed by atoms with E-state index in [0.717, 1.165) is 12.1 Å². The summed E-state index contributed by atoms with van der Waals surface area (Å²) in [5.41, 5.74) is -0.0729. The molecule has 1 aromatic carbocycles. The molecule has 0 atom stereocenters. The summed E-state index contributed by atoms with van der Waals surface area (Å²) in [6.07, 6.45) is 0. The van der Waals surface area contributed by atoms with Crippen molar-refractivity contribution in [2.24, 2.45) is 0 Å². The molecule has 0 bridgehead atoms. The summed E-state index contributed by atoms with van der Waals surface area (Å²) in [6.45, 7) is 6.35. The van der Waals surface area contributed by atoms with Gasteiger partial charge < -0.3 is 4.74 Å². The molecule has 3 nitrogen and oxygen atoms in total. The van der Waals surface area contributed by atoms with Crippen LogP contribution >= 0.6 is 0 Å². The Labute approximate surface area is 112 Å². The quantitative estimate of drug-likeness (QED) is 0.537. The lowest BCUT2D eigenvalue weighted by Crippen LogP contribution is -2.33. The minimum atomic E-state index is -0.814. The highest BCUT2D eigenvalue weighted by Crippen LogP contribution is 2.11. The number of nitrogens with zero attached hydrogens (tertiary/aromatic N) is 1. The molecule has 0 amide bonds. The Bertz CT molecular complexity index is 424. The zero-order valence-electron chi connectivity index (χ0n) is 11.3. The van der Waals surface area contributed by atoms with Crippen molar-refractivity contribution in [1.29, 1.82) is 0 Å². The van der Waals surface area contributed by atoms with Gasteiger partial charge in [-0.15, -0.1) is 0 Å². The van der Waals surface area contributed by atoms with Gasteiger partial charge in [-0.3, -0.25) is 9.69 Å². The number of ketones is 1. The lowest BCUT2D eigenvalue weighted by molar-refractivity contribution is 0.0864. The number of ether oxygens (including phenoxy) is 1. The first kappa shape index (κ1) is 15.7. The third kappa shape index (κ3) is 5.04. The monoisotopic (exact) mass is 271 g/mol. The van der Waals surface area contributed by atoms with Crippen LogP contribution in [0.5, 0.6) is 0 Å². The van der Waals surface area contributed by atoms with Gasteiger partial charge in [0, 0.05) is 19.2 Å². The van der Waals surface area contributed by atoms with Crippen molar-refractivity contribution in [2.75, 3.05) is 32.8 Å². The summed E-state index contributed by atoms with van der Waals surface area (Å²) >= 11 is 0. The van der Waals surface area contributed by atoms with Crippen molar-refractivity contribution in [3.05, 3.63) is 35.4 Å². The van der Waals surface area contributed by atoms with E-state index in [9.17, 15) is 13.6 Å². The molecule has 1 aromatic rings. The van der Waals surface area contributed by atoms with Crippen molar-refractivity contribution >= 4 is 5.78 Å². The van der Waals surface area contributed by atoms with Crippen molar-refractivity contribution in [3.8, 4) is 0 Å². The Hall–Kier alpha value is -1.33. The van der Waals surface area contributed by atoms with Gasteiger partial charge in [0.15, 0.2) is 5.78 Å². The maximum absolute atomic E-state index is 13.5. The second-order valence-corrected chi connectivity index (χ2v) is 4.11. The van der Waals surface area contributed by atoms with Crippen LogP contribution in [0.2, 0.25) is 0 Å². The number of halogens is 2. The summed E-state index contributed by atoms with van der Waals surface area (Å²) in [7, 11) is 0. The smallest absolute Gasteiger partial charge is 0.179 e. The first-order valence-corrected chi connectivity index (χ1v) is 6.36. The van der Waals surface area contributed by atoms with Crippen molar-refractivity contribution in [2.45, 2.75) is 13.8 Å². The van der Waals surface area contributed by atoms with Gasteiger partial charge >= 0.3 is 0 Å². The molecule has 0 aliphatic heterocycles. The number of rotatable bonds is 8. The van der Waals surface area contributed by atoms with Crippen LogP contribution in [0, 0.1) is 11.6 Å². The second kappa shape index (κ2) is 7.96. The summed E-state index contributed by atoms with van der Waals surface area (Å²) in [5, 5.41) is 0. The van der Waals surface area contributed by atoms with Gasteiger partial charge in [0.2, 0.25) is 0 Å². The Morgan fingerprint density at radius 3 is 2.63 bits per heavy atom. The molecule has 106 valence electrons. The molecule has 0 unspecified atom stereocenters. The number of Topliss-reactive ketones (excluding diaryl/α,β-unsaturated/α-hetero) is 1. The van der Waals surface area contributed by atoms with E-state index in [1.807, 2.05) is 18.7 Å². The van der Waals surface area contributed by atoms with Gasteiger partial charge in [-0.05, 0) is 25.6 Å². The normalized spacial score (nSPS) is 11.0. The fraction of sp³-hybridized carbons (Fsp3) is 0.500. The summed E-state index contributed by atoms with van der Waals surface area (Å²) in [4.78, 5) is 13.8. The molecule has 0 saturated carbocycles. The molecule has 0 spiro atoms. The molecular weight excluding hydrogens is 252 g/mol. The molecule has 0 saturated heterocycles. The molecular formula is C14H19F2NO2. The standard InChI is InChI=1S/C14H19F2NO2/c1-3-17(7-8-19-4-2)10-14(18)12-6-5-11(15)9-13(12)16/h5-6,9H,3-4,7-8,10H2,1-2H3. The maximum atomic E-state index is 13.5. The lowest BCUT2D eigenvalue weighted by atomic mass is 10.1. The highest BCUT2D eigenvalue weighted by Gasteiger charge is 2.15. The molecule has 0 radical (unpaired) electrons. The molecule has 1 rings (SSSR count). The van der Waals surface area contributed by atoms with Gasteiger partial charge in [0.25, 0.3) is 0 Å². The van der Waals surface area contributed by atoms with E-state index in [0.29, 0.717) is 26.3 Å². The van der Waals surface area contributed by atoms with Gasteiger partial charge in [-0.25, -0.2) is 8.78 Å². The van der Waals surface area contributed by atoms with Gasteiger partial charge in [-0.2, -0.15) is 0 Å². The van der Waals surface area contributed by atoms with Gasteiger partial charge in [-0.1, -0.05) is 6.92 Å². The van der Waals surface area contributed by atoms with Crippen LogP contribution in [0.4, 0.5) is 8.78 Å². The van der Waals surface area contributed by atoms with Crippen LogP contribution in [0.1, 0.15) is 24.2 Å². The van der Waals surface area contributed by atoms with E-state index in [1.54, 1.807) is 0 Å². The van der Waals surface area contributed by atoms with Crippen molar-refractivity contribution < 1.29 is 18.3 Å². The largest absolute Gasteiger partial charge is 0.380 e. The Balaban J connectivity index is 2.61. The topological polar surface area (TPSA) is 29.5 Å². The molecule has 0 aliphatic rings. The third-order valence-electron chi connectivity index (χ3n) is 2.80. The first-order valence-electron chi connectivity index (χ1n) is 6.36. The Morgan fingerprint density at radius 2 is 2.05 bits per heavy atom. The lowest BCUT2D eigenvalue weighted by Gasteiger charge is -2.19. The second-order valence-electron chi connectivity index (χ2n) is 4.11. The molecule has 0 fully saturated rings. The van der Waals surface area contributed by atoms with Crippen molar-refractivity contribution in [3.63, 3.8) is 0 Å². The van der Waals surface area contributed by atoms with Crippen LogP contribution in [-0.4, -0.2) is 43.5 Å². The SMILES string of the molecule is CCOCCN(CC)CC(=O)c1ccc(F)cc1F. The van der Waals surface area contributed by atoms with E-state index in [2.05, 4.69) is 0 Å². The van der Waals surface area contributed by atoms with Crippen LogP contribution in [-0.2, 0) is 4.74 Å². The van der Waals surface area contributed by atoms with Gasteiger partial charge in [0.1, 0.15) is 11.6 Å². The number of hydrogen-bond donors (Lipinski definition) is 0. The fourth-order valence-corrected chi connectivity index (χ4v) is 1.69.